The Labute approximate surface area is 225 Å². The smallest absolute Gasteiger partial charge is 0.261 e. The fourth-order valence-corrected chi connectivity index (χ4v) is 4.28. The highest BCUT2D eigenvalue weighted by Crippen LogP contribution is 2.26. The van der Waals surface area contributed by atoms with Gasteiger partial charge < -0.3 is 15.0 Å². The van der Waals surface area contributed by atoms with Crippen LogP contribution in [0, 0.1) is 20.8 Å². The minimum atomic E-state index is -0.676. The number of benzene rings is 3. The zero-order valence-corrected chi connectivity index (χ0v) is 23.0. The molecule has 3 aromatic rings. The monoisotopic (exact) mass is 520 g/mol. The lowest BCUT2D eigenvalue weighted by Crippen LogP contribution is -2.51. The Hall–Kier alpha value is -3.31. The number of halogens is 1. The van der Waals surface area contributed by atoms with Gasteiger partial charge in [-0.15, -0.1) is 0 Å². The minimum absolute atomic E-state index is 0.157. The second-order valence-corrected chi connectivity index (χ2v) is 9.90. The number of rotatable bonds is 12. The van der Waals surface area contributed by atoms with E-state index < -0.39 is 6.04 Å². The van der Waals surface area contributed by atoms with Crippen LogP contribution in [0.2, 0.25) is 5.02 Å². The standard InChI is InChI=1S/C31H37ClN2O3/c1-5-6-16-33-31(36)28(19-25-10-8-7-9-11-25)34(20-26-14-12-22(2)13-15-26)29(35)21-37-27-17-23(3)30(32)24(4)18-27/h7-15,17-18,28H,5-6,16,19-21H2,1-4H3,(H,33,36)/t28-/m0/s1. The molecule has 1 N–H and O–H groups in total. The average molecular weight is 521 g/mol. The van der Waals surface area contributed by atoms with Crippen molar-refractivity contribution in [3.8, 4) is 5.75 Å². The van der Waals surface area contributed by atoms with E-state index in [0.717, 1.165) is 40.7 Å². The maximum Gasteiger partial charge on any atom is 0.261 e. The molecule has 0 radical (unpaired) electrons. The molecular formula is C31H37ClN2O3. The van der Waals surface area contributed by atoms with E-state index >= 15 is 0 Å². The second kappa shape index (κ2) is 13.8. The Morgan fingerprint density at radius 2 is 1.59 bits per heavy atom. The van der Waals surface area contributed by atoms with Crippen LogP contribution < -0.4 is 10.1 Å². The zero-order valence-electron chi connectivity index (χ0n) is 22.2. The molecule has 3 aromatic carbocycles. The summed E-state index contributed by atoms with van der Waals surface area (Å²) in [6.45, 7) is 8.62. The normalized spacial score (nSPS) is 11.6. The summed E-state index contributed by atoms with van der Waals surface area (Å²) in [7, 11) is 0. The molecule has 0 saturated heterocycles. The van der Waals surface area contributed by atoms with Gasteiger partial charge in [0.05, 0.1) is 0 Å². The Morgan fingerprint density at radius 3 is 2.22 bits per heavy atom. The fourth-order valence-electron chi connectivity index (χ4n) is 4.17. The predicted molar refractivity (Wildman–Crippen MR) is 150 cm³/mol. The average Bonchev–Trinajstić information content (AvgIpc) is 2.89. The quantitative estimate of drug-likeness (QED) is 0.289. The third kappa shape index (κ3) is 8.36. The highest BCUT2D eigenvalue weighted by Gasteiger charge is 2.30. The fraction of sp³-hybridized carbons (Fsp3) is 0.355. The van der Waals surface area contributed by atoms with E-state index in [1.165, 1.54) is 0 Å². The number of ether oxygens (including phenoxy) is 1. The lowest BCUT2D eigenvalue weighted by atomic mass is 10.0. The second-order valence-electron chi connectivity index (χ2n) is 9.52. The minimum Gasteiger partial charge on any atom is -0.484 e. The van der Waals surface area contributed by atoms with Crippen LogP contribution in [0.25, 0.3) is 0 Å². The van der Waals surface area contributed by atoms with Crippen LogP contribution in [0.1, 0.15) is 47.6 Å². The van der Waals surface area contributed by atoms with Gasteiger partial charge in [-0.1, -0.05) is 85.1 Å². The van der Waals surface area contributed by atoms with E-state index in [4.69, 9.17) is 16.3 Å². The summed E-state index contributed by atoms with van der Waals surface area (Å²) in [6, 6.07) is 20.8. The van der Waals surface area contributed by atoms with E-state index in [-0.39, 0.29) is 18.4 Å². The van der Waals surface area contributed by atoms with Gasteiger partial charge in [0.15, 0.2) is 6.61 Å². The molecule has 0 aliphatic carbocycles. The van der Waals surface area contributed by atoms with Crippen LogP contribution in [-0.2, 0) is 22.6 Å². The van der Waals surface area contributed by atoms with Gasteiger partial charge in [0, 0.05) is 24.5 Å². The lowest BCUT2D eigenvalue weighted by molar-refractivity contribution is -0.142. The van der Waals surface area contributed by atoms with Crippen molar-refractivity contribution in [2.45, 2.75) is 59.5 Å². The van der Waals surface area contributed by atoms with Gasteiger partial charge in [-0.3, -0.25) is 9.59 Å². The topological polar surface area (TPSA) is 58.6 Å². The molecule has 0 bridgehead atoms. The van der Waals surface area contributed by atoms with E-state index in [2.05, 4.69) is 12.2 Å². The van der Waals surface area contributed by atoms with Crippen LogP contribution in [-0.4, -0.2) is 35.9 Å². The lowest BCUT2D eigenvalue weighted by Gasteiger charge is -2.31. The molecule has 6 heteroatoms. The first-order chi connectivity index (χ1) is 17.8. The van der Waals surface area contributed by atoms with Crippen molar-refractivity contribution >= 4 is 23.4 Å². The molecule has 0 fully saturated rings. The van der Waals surface area contributed by atoms with Gasteiger partial charge in [0.25, 0.3) is 5.91 Å². The third-order valence-corrected chi connectivity index (χ3v) is 6.94. The highest BCUT2D eigenvalue weighted by atomic mass is 35.5. The maximum atomic E-state index is 13.7. The van der Waals surface area contributed by atoms with Crippen LogP contribution in [0.15, 0.2) is 66.7 Å². The molecule has 0 heterocycles. The molecule has 0 spiro atoms. The van der Waals surface area contributed by atoms with Crippen LogP contribution in [0.5, 0.6) is 5.75 Å². The first-order valence-corrected chi connectivity index (χ1v) is 13.2. The van der Waals surface area contributed by atoms with Crippen molar-refractivity contribution in [2.75, 3.05) is 13.2 Å². The van der Waals surface area contributed by atoms with Crippen LogP contribution >= 0.6 is 11.6 Å². The molecule has 37 heavy (non-hydrogen) atoms. The third-order valence-electron chi connectivity index (χ3n) is 6.35. The molecule has 2 amide bonds. The SMILES string of the molecule is CCCCNC(=O)[C@H](Cc1ccccc1)N(Cc1ccc(C)cc1)C(=O)COc1cc(C)c(Cl)c(C)c1. The van der Waals surface area contributed by atoms with Crippen molar-refractivity contribution in [3.63, 3.8) is 0 Å². The highest BCUT2D eigenvalue weighted by molar-refractivity contribution is 6.32. The molecule has 1 atom stereocenters. The van der Waals surface area contributed by atoms with Crippen LogP contribution in [0.3, 0.4) is 0 Å². The Morgan fingerprint density at radius 1 is 0.946 bits per heavy atom. The molecule has 196 valence electrons. The molecule has 0 saturated carbocycles. The summed E-state index contributed by atoms with van der Waals surface area (Å²) >= 11 is 6.29. The molecule has 0 unspecified atom stereocenters. The van der Waals surface area contributed by atoms with E-state index in [9.17, 15) is 9.59 Å². The van der Waals surface area contributed by atoms with Crippen molar-refractivity contribution in [3.05, 3.63) is 99.6 Å². The first kappa shape index (κ1) is 28.3. The first-order valence-electron chi connectivity index (χ1n) is 12.8. The van der Waals surface area contributed by atoms with Gasteiger partial charge in [0.1, 0.15) is 11.8 Å². The van der Waals surface area contributed by atoms with E-state index in [1.54, 1.807) is 4.90 Å². The number of hydrogen-bond donors (Lipinski definition) is 1. The number of nitrogens with one attached hydrogen (secondary N) is 1. The molecule has 3 rings (SSSR count). The number of carbonyl (C=O) groups is 2. The molecule has 0 aliphatic rings. The molecule has 0 aliphatic heterocycles. The number of hydrogen-bond acceptors (Lipinski definition) is 3. The maximum absolute atomic E-state index is 13.7. The predicted octanol–water partition coefficient (Wildman–Crippen LogP) is 6.20. The van der Waals surface area contributed by atoms with Crippen molar-refractivity contribution in [1.29, 1.82) is 0 Å². The molecule has 5 nitrogen and oxygen atoms in total. The summed E-state index contributed by atoms with van der Waals surface area (Å²) in [5, 5.41) is 3.73. The van der Waals surface area contributed by atoms with E-state index in [1.807, 2.05) is 87.5 Å². The molecular weight excluding hydrogens is 484 g/mol. The Kier molecular flexibility index (Phi) is 10.6. The Bertz CT molecular complexity index is 1160. The van der Waals surface area contributed by atoms with Gasteiger partial charge >= 0.3 is 0 Å². The summed E-state index contributed by atoms with van der Waals surface area (Å²) < 4.78 is 5.92. The van der Waals surface area contributed by atoms with Crippen molar-refractivity contribution < 1.29 is 14.3 Å². The number of unbranched alkanes of at least 4 members (excludes halogenated alkanes) is 1. The van der Waals surface area contributed by atoms with Crippen molar-refractivity contribution in [2.24, 2.45) is 0 Å². The number of amides is 2. The number of carbonyl (C=O) groups excluding carboxylic acids is 2. The summed E-state index contributed by atoms with van der Waals surface area (Å²) in [5.74, 6) is 0.170. The summed E-state index contributed by atoms with van der Waals surface area (Å²) in [4.78, 5) is 28.8. The van der Waals surface area contributed by atoms with Crippen molar-refractivity contribution in [1.82, 2.24) is 10.2 Å². The van der Waals surface area contributed by atoms with Gasteiger partial charge in [-0.25, -0.2) is 0 Å². The van der Waals surface area contributed by atoms with Gasteiger partial charge in [0.2, 0.25) is 5.91 Å². The summed E-state index contributed by atoms with van der Waals surface area (Å²) in [5.41, 5.74) is 4.86. The van der Waals surface area contributed by atoms with Gasteiger partial charge in [-0.05, 0) is 61.6 Å². The Balaban J connectivity index is 1.89. The molecule has 0 aromatic heterocycles. The largest absolute Gasteiger partial charge is 0.484 e. The van der Waals surface area contributed by atoms with Crippen LogP contribution in [0.4, 0.5) is 0 Å². The zero-order chi connectivity index (χ0) is 26.8. The number of aryl methyl sites for hydroxylation is 3. The van der Waals surface area contributed by atoms with E-state index in [0.29, 0.717) is 30.3 Å². The number of nitrogens with zero attached hydrogens (tertiary/aromatic N) is 1. The van der Waals surface area contributed by atoms with Gasteiger partial charge in [-0.2, -0.15) is 0 Å². The summed E-state index contributed by atoms with van der Waals surface area (Å²) in [6.07, 6.45) is 2.27.